The fourth-order valence-electron chi connectivity index (χ4n) is 4.61. The van der Waals surface area contributed by atoms with Crippen LogP contribution in [0.25, 0.3) is 0 Å². The van der Waals surface area contributed by atoms with Crippen LogP contribution < -0.4 is 5.32 Å². The monoisotopic (exact) mass is 302 g/mol. The largest absolute Gasteiger partial charge is 0.341 e. The van der Waals surface area contributed by atoms with Crippen molar-refractivity contribution in [1.82, 2.24) is 20.0 Å². The quantitative estimate of drug-likeness (QED) is 0.904. The second-order valence-electron chi connectivity index (χ2n) is 7.32. The first kappa shape index (κ1) is 14.2. The van der Waals surface area contributed by atoms with E-state index in [0.29, 0.717) is 17.9 Å². The van der Waals surface area contributed by atoms with E-state index in [9.17, 15) is 4.79 Å². The van der Waals surface area contributed by atoms with Crippen LogP contribution in [0.15, 0.2) is 12.4 Å². The van der Waals surface area contributed by atoms with Crippen molar-refractivity contribution in [3.8, 4) is 0 Å². The minimum atomic E-state index is 0.0701. The van der Waals surface area contributed by atoms with Crippen molar-refractivity contribution in [1.29, 1.82) is 0 Å². The topological polar surface area (TPSA) is 50.2 Å². The zero-order valence-electron chi connectivity index (χ0n) is 13.4. The van der Waals surface area contributed by atoms with E-state index in [1.807, 2.05) is 17.9 Å². The van der Waals surface area contributed by atoms with Gasteiger partial charge in [-0.3, -0.25) is 9.48 Å². The van der Waals surface area contributed by atoms with Crippen LogP contribution in [0.4, 0.5) is 0 Å². The van der Waals surface area contributed by atoms with Gasteiger partial charge in [-0.05, 0) is 37.2 Å². The molecule has 2 aliphatic heterocycles. The van der Waals surface area contributed by atoms with Crippen molar-refractivity contribution >= 4 is 5.91 Å². The summed E-state index contributed by atoms with van der Waals surface area (Å²) in [4.78, 5) is 14.9. The summed E-state index contributed by atoms with van der Waals surface area (Å²) in [5.74, 6) is 1.53. The van der Waals surface area contributed by atoms with Gasteiger partial charge in [-0.25, -0.2) is 0 Å². The van der Waals surface area contributed by atoms with Crippen LogP contribution in [0.5, 0.6) is 0 Å². The third kappa shape index (κ3) is 2.56. The molecule has 5 nitrogen and oxygen atoms in total. The van der Waals surface area contributed by atoms with Gasteiger partial charge >= 0.3 is 0 Å². The van der Waals surface area contributed by atoms with Crippen LogP contribution >= 0.6 is 0 Å². The molecule has 4 atom stereocenters. The Hall–Kier alpha value is -1.36. The molecule has 0 spiro atoms. The molecule has 3 aliphatic rings. The molecule has 1 aromatic rings. The summed E-state index contributed by atoms with van der Waals surface area (Å²) in [6.07, 6.45) is 11.4. The Morgan fingerprint density at radius 1 is 1.32 bits per heavy atom. The molecule has 4 rings (SSSR count). The van der Waals surface area contributed by atoms with Gasteiger partial charge in [-0.1, -0.05) is 12.8 Å². The Kier molecular flexibility index (Phi) is 3.68. The van der Waals surface area contributed by atoms with Gasteiger partial charge < -0.3 is 10.2 Å². The lowest BCUT2D eigenvalue weighted by molar-refractivity contribution is -0.132. The van der Waals surface area contributed by atoms with Crippen molar-refractivity contribution in [2.75, 3.05) is 13.1 Å². The van der Waals surface area contributed by atoms with Crippen LogP contribution in [0.2, 0.25) is 0 Å². The van der Waals surface area contributed by atoms with Gasteiger partial charge in [0.15, 0.2) is 0 Å². The Balaban J connectivity index is 1.38. The second-order valence-corrected chi connectivity index (χ2v) is 7.32. The summed E-state index contributed by atoms with van der Waals surface area (Å²) in [6, 6.07) is 0.667. The number of amides is 1. The molecule has 0 aromatic carbocycles. The maximum Gasteiger partial charge on any atom is 0.239 e. The molecule has 1 aliphatic carbocycles. The first-order valence-electron chi connectivity index (χ1n) is 8.74. The van der Waals surface area contributed by atoms with Gasteiger partial charge in [0, 0.05) is 38.3 Å². The lowest BCUT2D eigenvalue weighted by Crippen LogP contribution is -2.44. The number of rotatable bonds is 2. The smallest absolute Gasteiger partial charge is 0.239 e. The molecular weight excluding hydrogens is 276 g/mol. The molecule has 1 aromatic heterocycles. The van der Waals surface area contributed by atoms with Crippen LogP contribution in [0.1, 0.15) is 50.0 Å². The summed E-state index contributed by atoms with van der Waals surface area (Å²) in [7, 11) is 1.95. The molecule has 22 heavy (non-hydrogen) atoms. The van der Waals surface area contributed by atoms with E-state index in [0.717, 1.165) is 31.8 Å². The van der Waals surface area contributed by atoms with Gasteiger partial charge in [-0.2, -0.15) is 5.10 Å². The lowest BCUT2D eigenvalue weighted by atomic mass is 9.85. The van der Waals surface area contributed by atoms with Gasteiger partial charge in [0.05, 0.1) is 12.2 Å². The predicted molar refractivity (Wildman–Crippen MR) is 84.4 cm³/mol. The zero-order valence-corrected chi connectivity index (χ0v) is 13.4. The highest BCUT2D eigenvalue weighted by Gasteiger charge is 2.41. The van der Waals surface area contributed by atoms with E-state index in [-0.39, 0.29) is 6.04 Å². The Bertz CT molecular complexity index is 541. The lowest BCUT2D eigenvalue weighted by Gasteiger charge is -2.24. The van der Waals surface area contributed by atoms with Crippen molar-refractivity contribution in [3.63, 3.8) is 0 Å². The molecule has 1 N–H and O–H groups in total. The minimum absolute atomic E-state index is 0.0701. The highest BCUT2D eigenvalue weighted by molar-refractivity contribution is 5.82. The molecule has 3 heterocycles. The summed E-state index contributed by atoms with van der Waals surface area (Å²) in [5.41, 5.74) is 1.27. The second kappa shape index (κ2) is 5.69. The van der Waals surface area contributed by atoms with Crippen LogP contribution in [-0.4, -0.2) is 45.8 Å². The summed E-state index contributed by atoms with van der Waals surface area (Å²) in [5, 5.41) is 7.88. The Morgan fingerprint density at radius 2 is 2.18 bits per heavy atom. The van der Waals surface area contributed by atoms with Crippen LogP contribution in [0, 0.1) is 5.92 Å². The molecule has 4 unspecified atom stereocenters. The highest BCUT2D eigenvalue weighted by atomic mass is 16.2. The number of aromatic nitrogens is 2. The molecule has 120 valence electrons. The van der Waals surface area contributed by atoms with Gasteiger partial charge in [0.2, 0.25) is 5.91 Å². The number of nitrogens with zero attached hydrogens (tertiary/aromatic N) is 3. The third-order valence-corrected chi connectivity index (χ3v) is 5.86. The first-order valence-corrected chi connectivity index (χ1v) is 8.74. The number of aryl methyl sites for hydroxylation is 1. The average Bonchev–Trinajstić information content (AvgIpc) is 3.24. The maximum absolute atomic E-state index is 12.8. The number of hydrogen-bond acceptors (Lipinski definition) is 3. The number of carbonyl (C=O) groups is 1. The van der Waals surface area contributed by atoms with Crippen molar-refractivity contribution in [3.05, 3.63) is 18.0 Å². The van der Waals surface area contributed by atoms with E-state index >= 15 is 0 Å². The Morgan fingerprint density at radius 3 is 2.95 bits per heavy atom. The van der Waals surface area contributed by atoms with Crippen LogP contribution in [-0.2, 0) is 11.8 Å². The normalized spacial score (nSPS) is 34.9. The maximum atomic E-state index is 12.8. The van der Waals surface area contributed by atoms with E-state index in [2.05, 4.69) is 21.5 Å². The number of hydrogen-bond donors (Lipinski definition) is 1. The average molecular weight is 302 g/mol. The molecule has 0 radical (unpaired) electrons. The molecule has 5 heteroatoms. The van der Waals surface area contributed by atoms with E-state index in [4.69, 9.17) is 0 Å². The summed E-state index contributed by atoms with van der Waals surface area (Å²) in [6.45, 7) is 1.75. The van der Waals surface area contributed by atoms with Crippen LogP contribution in [0.3, 0.4) is 0 Å². The molecule has 2 saturated heterocycles. The number of nitrogens with one attached hydrogen (secondary N) is 1. The van der Waals surface area contributed by atoms with Crippen molar-refractivity contribution in [2.45, 2.75) is 56.5 Å². The van der Waals surface area contributed by atoms with Crippen molar-refractivity contribution in [2.24, 2.45) is 13.0 Å². The summed E-state index contributed by atoms with van der Waals surface area (Å²) < 4.78 is 1.85. The standard InChI is InChI=1S/C17H26N4O/c1-20-10-14(9-18-20)13-6-7-21(11-13)17(22)16-8-12-4-2-3-5-15(12)19-16/h9-10,12-13,15-16,19H,2-8,11H2,1H3. The van der Waals surface area contributed by atoms with Gasteiger partial charge in [-0.15, -0.1) is 0 Å². The zero-order chi connectivity index (χ0) is 15.1. The highest BCUT2D eigenvalue weighted by Crippen LogP contribution is 2.35. The Labute approximate surface area is 132 Å². The van der Waals surface area contributed by atoms with Gasteiger partial charge in [0.25, 0.3) is 0 Å². The fraction of sp³-hybridized carbons (Fsp3) is 0.765. The van der Waals surface area contributed by atoms with E-state index < -0.39 is 0 Å². The molecule has 1 amide bonds. The van der Waals surface area contributed by atoms with E-state index in [1.54, 1.807) is 0 Å². The number of likely N-dealkylation sites (tertiary alicyclic amines) is 1. The fourth-order valence-corrected chi connectivity index (χ4v) is 4.61. The van der Waals surface area contributed by atoms with Crippen molar-refractivity contribution < 1.29 is 4.79 Å². The first-order chi connectivity index (χ1) is 10.7. The SMILES string of the molecule is Cn1cc(C2CCN(C(=O)C3CC4CCCCC4N3)C2)cn1. The van der Waals surface area contributed by atoms with Gasteiger partial charge in [0.1, 0.15) is 0 Å². The molecule has 0 bridgehead atoms. The molecule has 1 saturated carbocycles. The predicted octanol–water partition coefficient (Wildman–Crippen LogP) is 1.66. The molecular formula is C17H26N4O. The third-order valence-electron chi connectivity index (χ3n) is 5.86. The van der Waals surface area contributed by atoms with E-state index in [1.165, 1.54) is 31.2 Å². The molecule has 3 fully saturated rings. The number of carbonyl (C=O) groups excluding carboxylic acids is 1. The minimum Gasteiger partial charge on any atom is -0.341 e. The number of fused-ring (bicyclic) bond motifs is 1. The summed E-state index contributed by atoms with van der Waals surface area (Å²) >= 11 is 0.